The first-order chi connectivity index (χ1) is 9.65. The third-order valence-electron chi connectivity index (χ3n) is 5.49. The Morgan fingerprint density at radius 2 is 2.10 bits per heavy atom. The average Bonchev–Trinajstić information content (AvgIpc) is 2.92. The molecule has 20 heavy (non-hydrogen) atoms. The number of carbonyl (C=O) groups excluding carboxylic acids is 1. The molecule has 0 bridgehead atoms. The van der Waals surface area contributed by atoms with Gasteiger partial charge in [-0.1, -0.05) is 13.3 Å². The van der Waals surface area contributed by atoms with E-state index in [4.69, 9.17) is 4.74 Å². The maximum absolute atomic E-state index is 11.5. The molecule has 0 aromatic rings. The molecule has 0 aromatic heterocycles. The van der Waals surface area contributed by atoms with Gasteiger partial charge in [-0.3, -0.25) is 0 Å². The first kappa shape index (κ1) is 14.1. The molecule has 3 aliphatic rings. The van der Waals surface area contributed by atoms with Gasteiger partial charge in [0.15, 0.2) is 0 Å². The summed E-state index contributed by atoms with van der Waals surface area (Å²) in [4.78, 5) is 14.2. The van der Waals surface area contributed by atoms with Gasteiger partial charge in [-0.25, -0.2) is 4.79 Å². The Morgan fingerprint density at radius 3 is 2.85 bits per heavy atom. The van der Waals surface area contributed by atoms with E-state index in [1.165, 1.54) is 45.2 Å². The monoisotopic (exact) mass is 277 g/mol. The zero-order valence-corrected chi connectivity index (χ0v) is 12.8. The van der Waals surface area contributed by atoms with Crippen molar-refractivity contribution in [2.45, 2.75) is 64.5 Å². The molecule has 2 fully saturated rings. The van der Waals surface area contributed by atoms with Crippen LogP contribution in [0.5, 0.6) is 0 Å². The van der Waals surface area contributed by atoms with Crippen molar-refractivity contribution in [1.82, 2.24) is 4.90 Å². The summed E-state index contributed by atoms with van der Waals surface area (Å²) in [5.74, 6) is 1.30. The maximum Gasteiger partial charge on any atom is 0.334 e. The van der Waals surface area contributed by atoms with Crippen LogP contribution in [0.25, 0.3) is 0 Å². The molecular weight excluding hydrogens is 250 g/mol. The summed E-state index contributed by atoms with van der Waals surface area (Å²) in [5.41, 5.74) is 0.783. The van der Waals surface area contributed by atoms with Crippen LogP contribution in [0.4, 0.5) is 0 Å². The van der Waals surface area contributed by atoms with Crippen molar-refractivity contribution in [1.29, 1.82) is 0 Å². The minimum Gasteiger partial charge on any atom is -0.455 e. The number of esters is 1. The van der Waals surface area contributed by atoms with E-state index < -0.39 is 0 Å². The summed E-state index contributed by atoms with van der Waals surface area (Å²) in [7, 11) is 0. The zero-order valence-electron chi connectivity index (χ0n) is 12.8. The summed E-state index contributed by atoms with van der Waals surface area (Å²) in [6.45, 7) is 6.82. The van der Waals surface area contributed by atoms with Crippen LogP contribution in [0.3, 0.4) is 0 Å². The zero-order chi connectivity index (χ0) is 14.1. The molecule has 3 aliphatic heterocycles. The maximum atomic E-state index is 11.5. The summed E-state index contributed by atoms with van der Waals surface area (Å²) >= 11 is 0. The number of ether oxygens (including phenoxy) is 1. The third kappa shape index (κ3) is 2.78. The SMILES string of the molecule is CC1=CC(CC(C)C2CCCCN3CCCC23)OC1=O. The topological polar surface area (TPSA) is 29.5 Å². The lowest BCUT2D eigenvalue weighted by Crippen LogP contribution is -2.37. The van der Waals surface area contributed by atoms with Crippen molar-refractivity contribution in [2.24, 2.45) is 11.8 Å². The molecule has 0 aromatic carbocycles. The van der Waals surface area contributed by atoms with Crippen molar-refractivity contribution in [3.63, 3.8) is 0 Å². The second-order valence-corrected chi connectivity index (χ2v) is 6.91. The smallest absolute Gasteiger partial charge is 0.334 e. The van der Waals surface area contributed by atoms with E-state index in [9.17, 15) is 4.79 Å². The second-order valence-electron chi connectivity index (χ2n) is 6.91. The summed E-state index contributed by atoms with van der Waals surface area (Å²) < 4.78 is 5.43. The number of hydrogen-bond acceptors (Lipinski definition) is 3. The standard InChI is InChI=1S/C17H27NO2/c1-12(10-14-11-13(2)17(19)20-14)15-6-3-4-8-18-9-5-7-16(15)18/h11-12,14-16H,3-10H2,1-2H3. The lowest BCUT2D eigenvalue weighted by molar-refractivity contribution is -0.140. The number of nitrogens with zero attached hydrogens (tertiary/aromatic N) is 1. The van der Waals surface area contributed by atoms with E-state index in [0.29, 0.717) is 5.92 Å². The molecule has 0 N–H and O–H groups in total. The van der Waals surface area contributed by atoms with Crippen LogP contribution in [0.1, 0.15) is 52.4 Å². The Bertz CT molecular complexity index is 404. The van der Waals surface area contributed by atoms with Gasteiger partial charge in [-0.05, 0) is 70.0 Å². The highest BCUT2D eigenvalue weighted by atomic mass is 16.5. The molecule has 112 valence electrons. The number of fused-ring (bicyclic) bond motifs is 1. The first-order valence-corrected chi connectivity index (χ1v) is 8.28. The molecule has 3 rings (SSSR count). The van der Waals surface area contributed by atoms with Crippen molar-refractivity contribution in [3.05, 3.63) is 11.6 Å². The molecule has 3 heterocycles. The fourth-order valence-electron chi connectivity index (χ4n) is 4.43. The van der Waals surface area contributed by atoms with Crippen LogP contribution in [0.15, 0.2) is 11.6 Å². The van der Waals surface area contributed by atoms with Gasteiger partial charge < -0.3 is 9.64 Å². The van der Waals surface area contributed by atoms with Crippen LogP contribution in [-0.2, 0) is 9.53 Å². The summed E-state index contributed by atoms with van der Waals surface area (Å²) in [5, 5.41) is 0. The van der Waals surface area contributed by atoms with E-state index >= 15 is 0 Å². The number of hydrogen-bond donors (Lipinski definition) is 0. The fraction of sp³-hybridized carbons (Fsp3) is 0.824. The lowest BCUT2D eigenvalue weighted by Gasteiger charge is -2.33. The molecule has 3 nitrogen and oxygen atoms in total. The van der Waals surface area contributed by atoms with Gasteiger partial charge in [-0.15, -0.1) is 0 Å². The van der Waals surface area contributed by atoms with E-state index in [1.807, 2.05) is 13.0 Å². The Balaban J connectivity index is 1.63. The quantitative estimate of drug-likeness (QED) is 0.742. The molecule has 0 radical (unpaired) electrons. The van der Waals surface area contributed by atoms with Gasteiger partial charge in [0.2, 0.25) is 0 Å². The lowest BCUT2D eigenvalue weighted by atomic mass is 9.80. The van der Waals surface area contributed by atoms with E-state index in [-0.39, 0.29) is 12.1 Å². The Morgan fingerprint density at radius 1 is 1.30 bits per heavy atom. The summed E-state index contributed by atoms with van der Waals surface area (Å²) in [6.07, 6.45) is 9.85. The van der Waals surface area contributed by atoms with Gasteiger partial charge in [0, 0.05) is 11.6 Å². The molecule has 3 heteroatoms. The molecule has 4 unspecified atom stereocenters. The Labute approximate surface area is 122 Å². The van der Waals surface area contributed by atoms with Gasteiger partial charge >= 0.3 is 5.97 Å². The highest BCUT2D eigenvalue weighted by Crippen LogP contribution is 2.37. The van der Waals surface area contributed by atoms with Gasteiger partial charge in [0.1, 0.15) is 6.10 Å². The van der Waals surface area contributed by atoms with Crippen LogP contribution >= 0.6 is 0 Å². The molecule has 0 saturated carbocycles. The molecule has 4 atom stereocenters. The van der Waals surface area contributed by atoms with Gasteiger partial charge in [-0.2, -0.15) is 0 Å². The van der Waals surface area contributed by atoms with E-state index in [0.717, 1.165) is 24.0 Å². The first-order valence-electron chi connectivity index (χ1n) is 8.28. The third-order valence-corrected chi connectivity index (χ3v) is 5.49. The predicted molar refractivity (Wildman–Crippen MR) is 79.4 cm³/mol. The largest absolute Gasteiger partial charge is 0.455 e. The van der Waals surface area contributed by atoms with Crippen molar-refractivity contribution >= 4 is 5.97 Å². The highest BCUT2D eigenvalue weighted by molar-refractivity contribution is 5.90. The Hall–Kier alpha value is -0.830. The van der Waals surface area contributed by atoms with Gasteiger partial charge in [0.25, 0.3) is 0 Å². The molecule has 0 aliphatic carbocycles. The number of cyclic esters (lactones) is 1. The van der Waals surface area contributed by atoms with E-state index in [1.54, 1.807) is 0 Å². The van der Waals surface area contributed by atoms with Crippen molar-refractivity contribution < 1.29 is 9.53 Å². The van der Waals surface area contributed by atoms with Crippen LogP contribution in [0, 0.1) is 11.8 Å². The minimum absolute atomic E-state index is 0.0237. The van der Waals surface area contributed by atoms with Crippen molar-refractivity contribution in [3.8, 4) is 0 Å². The molecule has 0 amide bonds. The number of carbonyl (C=O) groups is 1. The van der Waals surface area contributed by atoms with Crippen LogP contribution in [-0.4, -0.2) is 36.1 Å². The fourth-order valence-corrected chi connectivity index (χ4v) is 4.43. The van der Waals surface area contributed by atoms with Crippen molar-refractivity contribution in [2.75, 3.05) is 13.1 Å². The molecular formula is C17H27NO2. The minimum atomic E-state index is -0.120. The van der Waals surface area contributed by atoms with Gasteiger partial charge in [0.05, 0.1) is 0 Å². The Kier molecular flexibility index (Phi) is 4.16. The molecule has 2 saturated heterocycles. The molecule has 0 spiro atoms. The van der Waals surface area contributed by atoms with E-state index in [2.05, 4.69) is 11.8 Å². The number of rotatable bonds is 3. The normalized spacial score (nSPS) is 36.2. The summed E-state index contributed by atoms with van der Waals surface area (Å²) in [6, 6.07) is 0.787. The highest BCUT2D eigenvalue weighted by Gasteiger charge is 2.37. The van der Waals surface area contributed by atoms with Crippen LogP contribution in [0.2, 0.25) is 0 Å². The average molecular weight is 277 g/mol. The predicted octanol–water partition coefficient (Wildman–Crippen LogP) is 3.15. The van der Waals surface area contributed by atoms with Crippen LogP contribution < -0.4 is 0 Å². The second kappa shape index (κ2) is 5.88.